The van der Waals surface area contributed by atoms with Crippen LogP contribution >= 0.6 is 7.60 Å². The molecule has 30 nitrogen and oxygen atoms in total. The van der Waals surface area contributed by atoms with Gasteiger partial charge < -0.3 is 128 Å². The summed E-state index contributed by atoms with van der Waals surface area (Å²) >= 11 is 0. The van der Waals surface area contributed by atoms with E-state index < -0.39 is 7.60 Å². The SMILES string of the molecule is CCCCCCCCCCCCCCCCCCOP(=O)(CN(C)CCC)OCCCCCCCCCCCCCCCCCC.COCCOCCOCCOCCOCCOCCOCCOCCOCCOCCOCCOCCOCCOCCOCCOCCOCCOCCOCCOCCOCCOCCOCCOCCNC(C)=O. The first-order valence-electron chi connectivity index (χ1n) is 48.4. The summed E-state index contributed by atoms with van der Waals surface area (Å²) in [6, 6.07) is 0. The molecule has 1 N–H and O–H groups in total. The van der Waals surface area contributed by atoms with Gasteiger partial charge in [-0.15, -0.1) is 0 Å². The summed E-state index contributed by atoms with van der Waals surface area (Å²) in [7, 11) is 0.618. The van der Waals surface area contributed by atoms with Gasteiger partial charge >= 0.3 is 7.60 Å². The summed E-state index contributed by atoms with van der Waals surface area (Å²) in [6.07, 6.45) is 44.9. The van der Waals surface area contributed by atoms with E-state index in [2.05, 4.69) is 31.0 Å². The van der Waals surface area contributed by atoms with Crippen LogP contribution in [0.1, 0.15) is 240 Å². The van der Waals surface area contributed by atoms with Gasteiger partial charge in [0.2, 0.25) is 5.91 Å². The Balaban J connectivity index is 0. The molecular formula is C92H189N2O28P. The van der Waals surface area contributed by atoms with Crippen LogP contribution in [-0.4, -0.2) is 368 Å². The van der Waals surface area contributed by atoms with Crippen molar-refractivity contribution in [1.29, 1.82) is 0 Å². The molecule has 31 heteroatoms. The molecule has 0 saturated carbocycles. The van der Waals surface area contributed by atoms with Gasteiger partial charge in [-0.05, 0) is 32.9 Å². The first-order chi connectivity index (χ1) is 60.8. The van der Waals surface area contributed by atoms with E-state index in [4.69, 9.17) is 123 Å². The molecule has 0 aromatic rings. The zero-order valence-corrected chi connectivity index (χ0v) is 80.3. The highest BCUT2D eigenvalue weighted by Crippen LogP contribution is 2.49. The molecule has 123 heavy (non-hydrogen) atoms. The number of carbonyl (C=O) groups excluding carboxylic acids is 1. The molecule has 0 unspecified atom stereocenters. The second-order valence-electron chi connectivity index (χ2n) is 30.2. The Kier molecular flexibility index (Phi) is 115. The second-order valence-corrected chi connectivity index (χ2v) is 32.2. The Morgan fingerprint density at radius 2 is 0.374 bits per heavy atom. The van der Waals surface area contributed by atoms with Gasteiger partial charge in [0, 0.05) is 20.6 Å². The zero-order valence-electron chi connectivity index (χ0n) is 79.4. The molecule has 0 spiro atoms. The van der Waals surface area contributed by atoms with Crippen LogP contribution in [0.2, 0.25) is 0 Å². The minimum atomic E-state index is -3.06. The summed E-state index contributed by atoms with van der Waals surface area (Å²) in [5, 5.41) is 2.66. The van der Waals surface area contributed by atoms with E-state index in [0.29, 0.717) is 337 Å². The number of nitrogens with zero attached hydrogens (tertiary/aromatic N) is 1. The second kappa shape index (κ2) is 115. The maximum atomic E-state index is 13.5. The highest BCUT2D eigenvalue weighted by molar-refractivity contribution is 7.53. The van der Waals surface area contributed by atoms with Gasteiger partial charge in [0.1, 0.15) is 6.29 Å². The fourth-order valence-electron chi connectivity index (χ4n) is 12.0. The molecule has 740 valence electrons. The lowest BCUT2D eigenvalue weighted by atomic mass is 10.0. The lowest BCUT2D eigenvalue weighted by Crippen LogP contribution is -2.25. The van der Waals surface area contributed by atoms with E-state index in [-0.39, 0.29) is 5.91 Å². The predicted molar refractivity (Wildman–Crippen MR) is 486 cm³/mol. The molecule has 0 saturated heterocycles. The van der Waals surface area contributed by atoms with E-state index in [9.17, 15) is 9.36 Å². The molecule has 0 heterocycles. The lowest BCUT2D eigenvalue weighted by Gasteiger charge is -2.24. The molecule has 0 aliphatic carbocycles. The van der Waals surface area contributed by atoms with Crippen LogP contribution in [0.25, 0.3) is 0 Å². The summed E-state index contributed by atoms with van der Waals surface area (Å²) in [6.45, 7) is 34.1. The molecule has 0 aliphatic heterocycles. The smallest absolute Gasteiger partial charge is 0.344 e. The third-order valence-corrected chi connectivity index (χ3v) is 20.8. The minimum Gasteiger partial charge on any atom is -0.382 e. The lowest BCUT2D eigenvalue weighted by molar-refractivity contribution is -0.119. The predicted octanol–water partition coefficient (Wildman–Crippen LogP) is 15.2. The van der Waals surface area contributed by atoms with Crippen LogP contribution in [0.4, 0.5) is 0 Å². The topological polar surface area (TPSA) is 289 Å². The number of hydrogen-bond donors (Lipinski definition) is 1. The maximum absolute atomic E-state index is 13.5. The summed E-state index contributed by atoms with van der Waals surface area (Å²) in [5.41, 5.74) is 0. The average molecular weight is 1800 g/mol. The normalized spacial score (nSPS) is 11.8. The van der Waals surface area contributed by atoms with Gasteiger partial charge in [0.15, 0.2) is 0 Å². The number of rotatable bonds is 112. The zero-order chi connectivity index (χ0) is 88.9. The van der Waals surface area contributed by atoms with Crippen molar-refractivity contribution in [2.24, 2.45) is 0 Å². The van der Waals surface area contributed by atoms with Crippen LogP contribution in [0.3, 0.4) is 0 Å². The van der Waals surface area contributed by atoms with Crippen molar-refractivity contribution in [1.82, 2.24) is 10.2 Å². The van der Waals surface area contributed by atoms with E-state index in [1.807, 2.05) is 7.05 Å². The monoisotopic (exact) mass is 1800 g/mol. The van der Waals surface area contributed by atoms with E-state index in [0.717, 1.165) is 25.8 Å². The van der Waals surface area contributed by atoms with Crippen LogP contribution in [0.15, 0.2) is 0 Å². The average Bonchev–Trinajstić information content (AvgIpc) is 0.883. The highest BCUT2D eigenvalue weighted by Gasteiger charge is 2.26. The Hall–Kier alpha value is -1.38. The molecule has 0 aromatic heterocycles. The Morgan fingerprint density at radius 1 is 0.220 bits per heavy atom. The molecule has 0 bridgehead atoms. The van der Waals surface area contributed by atoms with E-state index in [1.165, 1.54) is 200 Å². The standard InChI is InChI=1S/C51H103NO25.C41H86NO3P/c1-51(53)52-3-4-55-7-8-57-11-12-59-15-16-61-19-20-63-23-24-65-27-28-67-31-32-69-35-36-71-39-40-73-43-44-75-47-48-77-50-49-76-46-45-74-42-41-72-38-37-70-34-33-68-30-29-66-26-25-64-22-21-62-18-17-60-14-13-58-10-9-56-6-5-54-2;1-5-8-10-12-14-16-18-20-22-24-26-28-30-32-34-36-39-44-46(43,41-42(4)38-7-3)45-40-37-35-33-31-29-27-25-23-21-19-17-15-13-11-9-6-2/h3-50H2,1-2H3,(H,52,53);5-41H2,1-4H3. The third-order valence-electron chi connectivity index (χ3n) is 18.8. The molecule has 0 aliphatic rings. The molecule has 0 aromatic carbocycles. The fraction of sp³-hybridized carbons (Fsp3) is 0.989. The van der Waals surface area contributed by atoms with Crippen LogP contribution in [-0.2, 0) is 132 Å². The minimum absolute atomic E-state index is 0.0668. The third kappa shape index (κ3) is 117. The molecule has 1 amide bonds. The van der Waals surface area contributed by atoms with Gasteiger partial charge in [-0.3, -0.25) is 14.3 Å². The van der Waals surface area contributed by atoms with E-state index in [1.54, 1.807) is 7.11 Å². The van der Waals surface area contributed by atoms with Crippen molar-refractivity contribution in [3.05, 3.63) is 0 Å². The van der Waals surface area contributed by atoms with Crippen LogP contribution in [0, 0.1) is 0 Å². The Morgan fingerprint density at radius 3 is 0.528 bits per heavy atom. The number of hydrogen-bond acceptors (Lipinski definition) is 29. The number of methoxy groups -OCH3 is 1. The number of nitrogens with one attached hydrogen (secondary N) is 1. The van der Waals surface area contributed by atoms with Crippen molar-refractivity contribution in [2.45, 2.75) is 240 Å². The van der Waals surface area contributed by atoms with Crippen molar-refractivity contribution in [3.63, 3.8) is 0 Å². The highest BCUT2D eigenvalue weighted by atomic mass is 31.2. The van der Waals surface area contributed by atoms with Gasteiger partial charge in [0.05, 0.1) is 324 Å². The fourth-order valence-corrected chi connectivity index (χ4v) is 13.7. The maximum Gasteiger partial charge on any atom is 0.344 e. The van der Waals surface area contributed by atoms with Crippen LogP contribution < -0.4 is 5.32 Å². The summed E-state index contributed by atoms with van der Waals surface area (Å²) in [4.78, 5) is 12.9. The summed E-state index contributed by atoms with van der Waals surface area (Å²) in [5.74, 6) is -0.0668. The van der Waals surface area contributed by atoms with Crippen molar-refractivity contribution < 1.29 is 132 Å². The van der Waals surface area contributed by atoms with Gasteiger partial charge in [-0.2, -0.15) is 0 Å². The van der Waals surface area contributed by atoms with Crippen molar-refractivity contribution in [3.8, 4) is 0 Å². The largest absolute Gasteiger partial charge is 0.382 e. The number of ether oxygens (including phenoxy) is 24. The molecule has 0 fully saturated rings. The van der Waals surface area contributed by atoms with Crippen LogP contribution in [0.5, 0.6) is 0 Å². The quantitative estimate of drug-likeness (QED) is 0.0437. The van der Waals surface area contributed by atoms with Gasteiger partial charge in [0.25, 0.3) is 0 Å². The first kappa shape index (κ1) is 124. The van der Waals surface area contributed by atoms with Gasteiger partial charge in [-0.1, -0.05) is 213 Å². The number of carbonyl (C=O) groups is 1. The van der Waals surface area contributed by atoms with Gasteiger partial charge in [-0.25, -0.2) is 0 Å². The molecule has 0 rings (SSSR count). The first-order valence-corrected chi connectivity index (χ1v) is 50.2. The van der Waals surface area contributed by atoms with E-state index >= 15 is 0 Å². The van der Waals surface area contributed by atoms with Crippen molar-refractivity contribution >= 4 is 13.5 Å². The molecule has 0 radical (unpaired) electrons. The number of unbranched alkanes of at least 4 members (excludes halogenated alkanes) is 30. The molecule has 0 atom stereocenters. The Labute approximate surface area is 749 Å². The molecular weight excluding hydrogens is 1610 g/mol. The van der Waals surface area contributed by atoms with Crippen molar-refractivity contribution in [2.75, 3.05) is 357 Å². The number of amides is 1. The Bertz CT molecular complexity index is 1910. The summed E-state index contributed by atoms with van der Waals surface area (Å²) < 4.78 is 156.